The average molecular weight is 408 g/mol. The van der Waals surface area contributed by atoms with E-state index in [4.69, 9.17) is 9.47 Å². The van der Waals surface area contributed by atoms with E-state index in [1.54, 1.807) is 74.9 Å². The molecular formula is C24H26NO5-. The molecule has 6 heteroatoms. The number of carboxylic acid groups (broad SMARTS) is 1. The number of carboxylic acids is 1. The molecule has 0 unspecified atom stereocenters. The second-order valence-electron chi connectivity index (χ2n) is 6.45. The molecule has 0 saturated heterocycles. The van der Waals surface area contributed by atoms with E-state index in [1.165, 1.54) is 5.56 Å². The third kappa shape index (κ3) is 5.37. The Labute approximate surface area is 176 Å². The molecule has 0 fully saturated rings. The highest BCUT2D eigenvalue weighted by Gasteiger charge is 2.32. The number of hydrogen-bond donors (Lipinski definition) is 2. The molecule has 3 aromatic carbocycles. The summed E-state index contributed by atoms with van der Waals surface area (Å²) in [6, 6.07) is 22.3. The number of aliphatic hydroxyl groups is 1. The first-order chi connectivity index (χ1) is 14.5. The fourth-order valence-electron chi connectivity index (χ4n) is 2.96. The van der Waals surface area contributed by atoms with Crippen molar-refractivity contribution in [3.05, 3.63) is 95.6 Å². The summed E-state index contributed by atoms with van der Waals surface area (Å²) >= 11 is 0. The summed E-state index contributed by atoms with van der Waals surface area (Å²) < 4.78 is 10.3. The van der Waals surface area contributed by atoms with Crippen molar-refractivity contribution in [1.82, 2.24) is 5.32 Å². The zero-order valence-corrected chi connectivity index (χ0v) is 17.3. The lowest BCUT2D eigenvalue weighted by atomic mass is 9.86. The SMILES string of the molecule is CNCc1ccc(OC)c(OC)c1.O=C([O-])C(O)(c1ccccc1)c1ccccc1. The lowest BCUT2D eigenvalue weighted by Crippen LogP contribution is -2.46. The van der Waals surface area contributed by atoms with Gasteiger partial charge in [0.2, 0.25) is 0 Å². The summed E-state index contributed by atoms with van der Waals surface area (Å²) in [4.78, 5) is 11.3. The number of carbonyl (C=O) groups is 1. The van der Waals surface area contributed by atoms with Gasteiger partial charge in [-0.15, -0.1) is 0 Å². The van der Waals surface area contributed by atoms with Gasteiger partial charge in [0.1, 0.15) is 0 Å². The molecule has 6 nitrogen and oxygen atoms in total. The molecule has 0 aliphatic heterocycles. The number of methoxy groups -OCH3 is 2. The van der Waals surface area contributed by atoms with Gasteiger partial charge in [-0.05, 0) is 35.9 Å². The Hall–Kier alpha value is -3.35. The minimum Gasteiger partial charge on any atom is -0.546 e. The van der Waals surface area contributed by atoms with Crippen LogP contribution in [0.25, 0.3) is 0 Å². The highest BCUT2D eigenvalue weighted by Crippen LogP contribution is 2.29. The Morgan fingerprint density at radius 2 is 1.40 bits per heavy atom. The van der Waals surface area contributed by atoms with Crippen molar-refractivity contribution >= 4 is 5.97 Å². The highest BCUT2D eigenvalue weighted by atomic mass is 16.5. The van der Waals surface area contributed by atoms with Crippen molar-refractivity contribution in [1.29, 1.82) is 0 Å². The number of hydrogen-bond acceptors (Lipinski definition) is 6. The Morgan fingerprint density at radius 1 is 0.900 bits per heavy atom. The highest BCUT2D eigenvalue weighted by molar-refractivity contribution is 5.81. The van der Waals surface area contributed by atoms with E-state index in [0.29, 0.717) is 0 Å². The van der Waals surface area contributed by atoms with Crippen LogP contribution in [0.4, 0.5) is 0 Å². The minimum atomic E-state index is -2.11. The predicted octanol–water partition coefficient (Wildman–Crippen LogP) is 2.10. The lowest BCUT2D eigenvalue weighted by Gasteiger charge is -2.30. The van der Waals surface area contributed by atoms with Crippen LogP contribution in [-0.2, 0) is 16.9 Å². The van der Waals surface area contributed by atoms with Crippen LogP contribution in [0.2, 0.25) is 0 Å². The van der Waals surface area contributed by atoms with Gasteiger partial charge < -0.3 is 29.8 Å². The smallest absolute Gasteiger partial charge is 0.161 e. The molecule has 0 atom stereocenters. The molecular weight excluding hydrogens is 382 g/mol. The maximum atomic E-state index is 11.3. The van der Waals surface area contributed by atoms with Gasteiger partial charge in [0, 0.05) is 6.54 Å². The maximum Gasteiger partial charge on any atom is 0.161 e. The second-order valence-corrected chi connectivity index (χ2v) is 6.45. The quantitative estimate of drug-likeness (QED) is 0.622. The van der Waals surface area contributed by atoms with Gasteiger partial charge in [0.15, 0.2) is 17.1 Å². The summed E-state index contributed by atoms with van der Waals surface area (Å²) in [5.41, 5.74) is -0.361. The largest absolute Gasteiger partial charge is 0.546 e. The van der Waals surface area contributed by atoms with Crippen LogP contribution in [0.1, 0.15) is 16.7 Å². The van der Waals surface area contributed by atoms with E-state index in [2.05, 4.69) is 5.32 Å². The maximum absolute atomic E-state index is 11.3. The summed E-state index contributed by atoms with van der Waals surface area (Å²) in [5, 5.41) is 24.7. The number of benzene rings is 3. The van der Waals surface area contributed by atoms with Crippen molar-refractivity contribution in [2.45, 2.75) is 12.1 Å². The number of aliphatic carboxylic acids is 1. The summed E-state index contributed by atoms with van der Waals surface area (Å²) in [5.74, 6) is 0.00695. The molecule has 0 amide bonds. The first-order valence-electron chi connectivity index (χ1n) is 9.37. The molecule has 0 heterocycles. The molecule has 2 N–H and O–H groups in total. The first-order valence-corrected chi connectivity index (χ1v) is 9.37. The van der Waals surface area contributed by atoms with Crippen LogP contribution >= 0.6 is 0 Å². The summed E-state index contributed by atoms with van der Waals surface area (Å²) in [7, 11) is 5.19. The molecule has 158 valence electrons. The van der Waals surface area contributed by atoms with Gasteiger partial charge in [0.05, 0.1) is 20.2 Å². The fourth-order valence-corrected chi connectivity index (χ4v) is 2.96. The van der Waals surface area contributed by atoms with Gasteiger partial charge in [-0.3, -0.25) is 0 Å². The Kier molecular flexibility index (Phi) is 8.41. The fraction of sp³-hybridized carbons (Fsp3) is 0.208. The van der Waals surface area contributed by atoms with Crippen LogP contribution in [0, 0.1) is 0 Å². The molecule has 0 saturated carbocycles. The molecule has 3 rings (SSSR count). The first kappa shape index (κ1) is 22.9. The average Bonchev–Trinajstić information content (AvgIpc) is 2.80. The van der Waals surface area contributed by atoms with Gasteiger partial charge in [0.25, 0.3) is 0 Å². The van der Waals surface area contributed by atoms with Gasteiger partial charge in [-0.25, -0.2) is 0 Å². The normalized spacial score (nSPS) is 10.5. The summed E-state index contributed by atoms with van der Waals surface area (Å²) in [6.07, 6.45) is 0. The van der Waals surface area contributed by atoms with Crippen molar-refractivity contribution in [3.8, 4) is 11.5 Å². The molecule has 0 bridgehead atoms. The van der Waals surface area contributed by atoms with Crippen molar-refractivity contribution in [2.75, 3.05) is 21.3 Å². The van der Waals surface area contributed by atoms with E-state index < -0.39 is 11.6 Å². The summed E-state index contributed by atoms with van der Waals surface area (Å²) in [6.45, 7) is 0.834. The Bertz CT molecular complexity index is 889. The van der Waals surface area contributed by atoms with Crippen LogP contribution in [0.3, 0.4) is 0 Å². The predicted molar refractivity (Wildman–Crippen MR) is 113 cm³/mol. The molecule has 0 aliphatic carbocycles. The zero-order valence-electron chi connectivity index (χ0n) is 17.3. The van der Waals surface area contributed by atoms with Crippen molar-refractivity contribution in [2.24, 2.45) is 0 Å². The number of nitrogens with one attached hydrogen (secondary N) is 1. The number of ether oxygens (including phenoxy) is 2. The van der Waals surface area contributed by atoms with E-state index in [0.717, 1.165) is 18.0 Å². The van der Waals surface area contributed by atoms with E-state index >= 15 is 0 Å². The lowest BCUT2D eigenvalue weighted by molar-refractivity contribution is -0.322. The van der Waals surface area contributed by atoms with Crippen LogP contribution in [0.15, 0.2) is 78.9 Å². The van der Waals surface area contributed by atoms with Crippen LogP contribution in [0.5, 0.6) is 11.5 Å². The minimum absolute atomic E-state index is 0.284. The zero-order chi connectivity index (χ0) is 22.0. The third-order valence-electron chi connectivity index (χ3n) is 4.51. The van der Waals surface area contributed by atoms with Crippen molar-refractivity contribution in [3.63, 3.8) is 0 Å². The molecule has 30 heavy (non-hydrogen) atoms. The van der Waals surface area contributed by atoms with Crippen molar-refractivity contribution < 1.29 is 24.5 Å². The molecule has 3 aromatic rings. The van der Waals surface area contributed by atoms with E-state index in [9.17, 15) is 15.0 Å². The number of carbonyl (C=O) groups excluding carboxylic acids is 1. The second kappa shape index (κ2) is 11.0. The Morgan fingerprint density at radius 3 is 1.80 bits per heavy atom. The van der Waals surface area contributed by atoms with Crippen LogP contribution < -0.4 is 19.9 Å². The van der Waals surface area contributed by atoms with Gasteiger partial charge >= 0.3 is 0 Å². The number of rotatable bonds is 7. The van der Waals surface area contributed by atoms with Crippen LogP contribution in [-0.4, -0.2) is 32.3 Å². The van der Waals surface area contributed by atoms with Gasteiger partial charge in [-0.1, -0.05) is 66.7 Å². The standard InChI is InChI=1S/C14H12O3.C10H15NO2/c15-13(16)14(17,11-7-3-1-4-8-11)12-9-5-2-6-10-12;1-11-7-8-4-5-9(12-2)10(6-8)13-3/h1-10,17H,(H,15,16);4-6,11H,7H2,1-3H3/p-1. The van der Waals surface area contributed by atoms with Gasteiger partial charge in [-0.2, -0.15) is 0 Å². The third-order valence-corrected chi connectivity index (χ3v) is 4.51. The Balaban J connectivity index is 0.000000222. The molecule has 0 spiro atoms. The monoisotopic (exact) mass is 408 g/mol. The van der Waals surface area contributed by atoms with E-state index in [-0.39, 0.29) is 11.1 Å². The molecule has 0 aromatic heterocycles. The topological polar surface area (TPSA) is 90.9 Å². The molecule has 0 radical (unpaired) electrons. The van der Waals surface area contributed by atoms with E-state index in [1.807, 2.05) is 25.2 Å². The molecule has 0 aliphatic rings.